The smallest absolute Gasteiger partial charge is 0.270 e. The number of amidine groups is 1. The molecule has 0 aromatic heterocycles. The van der Waals surface area contributed by atoms with Crippen LogP contribution in [0.2, 0.25) is 0 Å². The van der Waals surface area contributed by atoms with Gasteiger partial charge in [-0.05, 0) is 30.7 Å². The van der Waals surface area contributed by atoms with Crippen LogP contribution in [0, 0.1) is 10.8 Å². The van der Waals surface area contributed by atoms with E-state index in [9.17, 15) is 15.0 Å². The number of carbonyl (C=O) groups is 1. The maximum absolute atomic E-state index is 11.7. The van der Waals surface area contributed by atoms with Crippen LogP contribution in [-0.4, -0.2) is 87.3 Å². The van der Waals surface area contributed by atoms with Gasteiger partial charge in [0.25, 0.3) is 5.91 Å². The number of rotatable bonds is 10. The predicted molar refractivity (Wildman–Crippen MR) is 125 cm³/mol. The molecule has 0 bridgehead atoms. The normalized spacial score (nSPS) is 20.1. The first-order valence-corrected chi connectivity index (χ1v) is 10.8. The SMILES string of the molecule is CCCCN(C(=N)N1C(=N)C(C(N)=O)=NC(Cl)C1N)c1ccc(OCC(O)C(O)CO)cc1. The van der Waals surface area contributed by atoms with Crippen molar-refractivity contribution in [2.45, 2.75) is 43.6 Å². The number of nitrogens with one attached hydrogen (secondary N) is 2. The molecule has 33 heavy (non-hydrogen) atoms. The van der Waals surface area contributed by atoms with E-state index < -0.39 is 42.2 Å². The molecule has 12 nitrogen and oxygen atoms in total. The molecule has 182 valence electrons. The van der Waals surface area contributed by atoms with E-state index >= 15 is 0 Å². The van der Waals surface area contributed by atoms with E-state index in [2.05, 4.69) is 4.99 Å². The Hall–Kier alpha value is -2.77. The topological polar surface area (TPSA) is 206 Å². The second-order valence-corrected chi connectivity index (χ2v) is 7.82. The summed E-state index contributed by atoms with van der Waals surface area (Å²) in [4.78, 5) is 18.3. The summed E-state index contributed by atoms with van der Waals surface area (Å²) in [5.41, 5.74) is 10.6. The molecular formula is C20H30ClN7O5. The first-order valence-electron chi connectivity index (χ1n) is 10.3. The number of amides is 1. The fourth-order valence-corrected chi connectivity index (χ4v) is 3.22. The molecule has 1 amide bonds. The zero-order valence-electron chi connectivity index (χ0n) is 18.2. The number of carbonyl (C=O) groups excluding carboxylic acids is 1. The Kier molecular flexibility index (Phi) is 9.56. The van der Waals surface area contributed by atoms with Crippen LogP contribution < -0.4 is 21.1 Å². The standard InChI is InChI=1S/C20H30ClN7O5/c1-2-3-8-27(11-4-6-12(7-5-11)33-10-14(31)13(30)9-29)20(25)28-17(22)15(19(24)32)26-16(21)18(28)23/h4-7,13-14,16,18,22,25,29-31H,2-3,8-10,23H2,1H3,(H2,24,32). The molecule has 0 aliphatic carbocycles. The molecule has 1 aliphatic rings. The minimum absolute atomic E-state index is 0.171. The number of guanidine groups is 1. The second-order valence-electron chi connectivity index (χ2n) is 7.37. The molecule has 1 aromatic rings. The van der Waals surface area contributed by atoms with Gasteiger partial charge in [0.1, 0.15) is 30.7 Å². The number of aliphatic imine (C=N–C) groups is 1. The highest BCUT2D eigenvalue weighted by molar-refractivity contribution is 6.67. The number of unbranched alkanes of at least 4 members (excludes halogenated alkanes) is 1. The average molecular weight is 484 g/mol. The van der Waals surface area contributed by atoms with Crippen LogP contribution in [0.1, 0.15) is 19.8 Å². The van der Waals surface area contributed by atoms with Crippen LogP contribution in [-0.2, 0) is 4.79 Å². The summed E-state index contributed by atoms with van der Waals surface area (Å²) in [5, 5.41) is 45.0. The Morgan fingerprint density at radius 1 is 1.33 bits per heavy atom. The minimum Gasteiger partial charge on any atom is -0.491 e. The maximum Gasteiger partial charge on any atom is 0.270 e. The van der Waals surface area contributed by atoms with Gasteiger partial charge >= 0.3 is 0 Å². The summed E-state index contributed by atoms with van der Waals surface area (Å²) in [6.45, 7) is 1.61. The zero-order valence-corrected chi connectivity index (χ0v) is 18.9. The molecule has 1 heterocycles. The van der Waals surface area contributed by atoms with Crippen LogP contribution in [0.25, 0.3) is 0 Å². The molecule has 1 aromatic carbocycles. The Balaban J connectivity index is 2.25. The number of hydrogen-bond acceptors (Lipinski definition) is 9. The number of aliphatic hydroxyl groups excluding tert-OH is 3. The van der Waals surface area contributed by atoms with Gasteiger partial charge in [0, 0.05) is 12.2 Å². The summed E-state index contributed by atoms with van der Waals surface area (Å²) < 4.78 is 5.43. The van der Waals surface area contributed by atoms with Gasteiger partial charge in [0.2, 0.25) is 5.96 Å². The number of nitrogens with zero attached hydrogens (tertiary/aromatic N) is 3. The quantitative estimate of drug-likeness (QED) is 0.0985. The van der Waals surface area contributed by atoms with Crippen LogP contribution in [0.15, 0.2) is 29.3 Å². The zero-order chi connectivity index (χ0) is 24.7. The Labute approximate surface area is 196 Å². The molecule has 4 unspecified atom stereocenters. The van der Waals surface area contributed by atoms with Crippen molar-refractivity contribution >= 4 is 40.7 Å². The van der Waals surface area contributed by atoms with E-state index in [1.165, 1.54) is 0 Å². The number of halogens is 1. The second kappa shape index (κ2) is 11.9. The molecule has 13 heteroatoms. The van der Waals surface area contributed by atoms with Gasteiger partial charge in [-0.25, -0.2) is 0 Å². The van der Waals surface area contributed by atoms with E-state index in [1.54, 1.807) is 29.2 Å². The molecule has 0 saturated carbocycles. The van der Waals surface area contributed by atoms with Crippen molar-refractivity contribution in [1.82, 2.24) is 4.90 Å². The summed E-state index contributed by atoms with van der Waals surface area (Å²) in [6.07, 6.45) is -2.05. The fourth-order valence-electron chi connectivity index (χ4n) is 3.01. The Bertz CT molecular complexity index is 882. The van der Waals surface area contributed by atoms with E-state index in [1.807, 2.05) is 6.92 Å². The van der Waals surface area contributed by atoms with Gasteiger partial charge < -0.3 is 36.4 Å². The molecule has 0 radical (unpaired) electrons. The minimum atomic E-state index is -1.31. The maximum atomic E-state index is 11.7. The molecule has 0 fully saturated rings. The lowest BCUT2D eigenvalue weighted by Gasteiger charge is -2.39. The van der Waals surface area contributed by atoms with Crippen molar-refractivity contribution in [3.05, 3.63) is 24.3 Å². The molecule has 9 N–H and O–H groups in total. The highest BCUT2D eigenvalue weighted by Gasteiger charge is 2.38. The Morgan fingerprint density at radius 3 is 2.52 bits per heavy atom. The number of hydrogen-bond donors (Lipinski definition) is 7. The van der Waals surface area contributed by atoms with Crippen molar-refractivity contribution in [2.75, 3.05) is 24.7 Å². The Morgan fingerprint density at radius 2 is 1.97 bits per heavy atom. The van der Waals surface area contributed by atoms with E-state index in [0.717, 1.165) is 17.7 Å². The summed E-state index contributed by atoms with van der Waals surface area (Å²) >= 11 is 6.13. The number of aliphatic hydroxyl groups is 3. The number of benzene rings is 1. The van der Waals surface area contributed by atoms with E-state index in [0.29, 0.717) is 18.0 Å². The van der Waals surface area contributed by atoms with Gasteiger partial charge in [0.15, 0.2) is 17.0 Å². The largest absolute Gasteiger partial charge is 0.491 e. The third kappa shape index (κ3) is 6.39. The number of alkyl halides is 1. The molecule has 2 rings (SSSR count). The first kappa shape index (κ1) is 26.5. The first-order chi connectivity index (χ1) is 15.6. The van der Waals surface area contributed by atoms with Gasteiger partial charge in [-0.2, -0.15) is 0 Å². The summed E-state index contributed by atoms with van der Waals surface area (Å²) in [7, 11) is 0. The molecule has 1 aliphatic heterocycles. The third-order valence-electron chi connectivity index (χ3n) is 4.95. The highest BCUT2D eigenvalue weighted by atomic mass is 35.5. The van der Waals surface area contributed by atoms with Crippen molar-refractivity contribution in [3.8, 4) is 5.75 Å². The summed E-state index contributed by atoms with van der Waals surface area (Å²) in [6, 6.07) is 6.58. The lowest BCUT2D eigenvalue weighted by atomic mass is 10.2. The molecule has 0 spiro atoms. The third-order valence-corrected chi connectivity index (χ3v) is 5.31. The van der Waals surface area contributed by atoms with Crippen LogP contribution in [0.3, 0.4) is 0 Å². The van der Waals surface area contributed by atoms with Crippen molar-refractivity contribution < 1.29 is 24.9 Å². The predicted octanol–water partition coefficient (Wildman–Crippen LogP) is -0.610. The summed E-state index contributed by atoms with van der Waals surface area (Å²) in [5.74, 6) is -1.12. The van der Waals surface area contributed by atoms with Crippen molar-refractivity contribution in [1.29, 1.82) is 10.8 Å². The average Bonchev–Trinajstić information content (AvgIpc) is 2.80. The van der Waals surface area contributed by atoms with Crippen LogP contribution in [0.4, 0.5) is 5.69 Å². The van der Waals surface area contributed by atoms with Crippen LogP contribution >= 0.6 is 11.6 Å². The molecule has 4 atom stereocenters. The number of anilines is 1. The number of primary amides is 1. The number of nitrogens with two attached hydrogens (primary N) is 2. The van der Waals surface area contributed by atoms with E-state index in [4.69, 9.17) is 43.7 Å². The van der Waals surface area contributed by atoms with Crippen molar-refractivity contribution in [3.63, 3.8) is 0 Å². The lowest BCUT2D eigenvalue weighted by molar-refractivity contribution is -0.111. The monoisotopic (exact) mass is 483 g/mol. The van der Waals surface area contributed by atoms with Gasteiger partial charge in [-0.15, -0.1) is 0 Å². The van der Waals surface area contributed by atoms with Crippen LogP contribution in [0.5, 0.6) is 5.75 Å². The van der Waals surface area contributed by atoms with Crippen molar-refractivity contribution in [2.24, 2.45) is 16.5 Å². The highest BCUT2D eigenvalue weighted by Crippen LogP contribution is 2.24. The van der Waals surface area contributed by atoms with Gasteiger partial charge in [-0.3, -0.25) is 25.5 Å². The lowest BCUT2D eigenvalue weighted by Crippen LogP contribution is -2.63. The fraction of sp³-hybridized carbons (Fsp3) is 0.500. The van der Waals surface area contributed by atoms with E-state index in [-0.39, 0.29) is 18.3 Å². The van der Waals surface area contributed by atoms with Gasteiger partial charge in [0.05, 0.1) is 6.61 Å². The molecule has 0 saturated heterocycles. The molecular weight excluding hydrogens is 454 g/mol. The van der Waals surface area contributed by atoms with Gasteiger partial charge in [-0.1, -0.05) is 24.9 Å². The number of ether oxygens (including phenoxy) is 1.